The third-order valence-corrected chi connectivity index (χ3v) is 3.51. The zero-order valence-electron chi connectivity index (χ0n) is 10.5. The van der Waals surface area contributed by atoms with Gasteiger partial charge in [-0.1, -0.05) is 0 Å². The SMILES string of the molecule is CC(CC(=O)O)(c1ccncc1)N1CCOCC1. The topological polar surface area (TPSA) is 62.7 Å². The van der Waals surface area contributed by atoms with Gasteiger partial charge in [0.2, 0.25) is 0 Å². The van der Waals surface area contributed by atoms with Gasteiger partial charge in [0.15, 0.2) is 0 Å². The van der Waals surface area contributed by atoms with Crippen molar-refractivity contribution < 1.29 is 14.6 Å². The van der Waals surface area contributed by atoms with Gasteiger partial charge in [-0.3, -0.25) is 14.7 Å². The van der Waals surface area contributed by atoms with Crippen LogP contribution in [-0.4, -0.2) is 47.3 Å². The molecule has 5 nitrogen and oxygen atoms in total. The molecule has 1 aliphatic heterocycles. The first-order chi connectivity index (χ1) is 8.63. The second-order valence-corrected chi connectivity index (χ2v) is 4.68. The van der Waals surface area contributed by atoms with E-state index >= 15 is 0 Å². The number of rotatable bonds is 4. The number of morpholine rings is 1. The van der Waals surface area contributed by atoms with E-state index in [1.165, 1.54) is 0 Å². The zero-order chi connectivity index (χ0) is 13.0. The van der Waals surface area contributed by atoms with Crippen molar-refractivity contribution in [2.75, 3.05) is 26.3 Å². The lowest BCUT2D eigenvalue weighted by Gasteiger charge is -2.42. The Morgan fingerprint density at radius 3 is 2.61 bits per heavy atom. The Labute approximate surface area is 106 Å². The number of aliphatic carboxylic acids is 1. The average molecular weight is 250 g/mol. The molecule has 5 heteroatoms. The summed E-state index contributed by atoms with van der Waals surface area (Å²) in [6.07, 6.45) is 3.49. The van der Waals surface area contributed by atoms with E-state index in [9.17, 15) is 4.79 Å². The quantitative estimate of drug-likeness (QED) is 0.867. The molecular weight excluding hydrogens is 232 g/mol. The van der Waals surface area contributed by atoms with E-state index in [1.54, 1.807) is 12.4 Å². The van der Waals surface area contributed by atoms with E-state index in [2.05, 4.69) is 9.88 Å². The van der Waals surface area contributed by atoms with Gasteiger partial charge < -0.3 is 9.84 Å². The van der Waals surface area contributed by atoms with Crippen molar-refractivity contribution >= 4 is 5.97 Å². The first-order valence-corrected chi connectivity index (χ1v) is 6.08. The smallest absolute Gasteiger partial charge is 0.305 e. The van der Waals surface area contributed by atoms with Crippen LogP contribution < -0.4 is 0 Å². The fourth-order valence-corrected chi connectivity index (χ4v) is 2.46. The Hall–Kier alpha value is -1.46. The van der Waals surface area contributed by atoms with Crippen molar-refractivity contribution in [1.82, 2.24) is 9.88 Å². The highest BCUT2D eigenvalue weighted by Gasteiger charge is 2.36. The molecule has 1 aromatic rings. The fourth-order valence-electron chi connectivity index (χ4n) is 2.46. The maximum Gasteiger partial charge on any atom is 0.305 e. The zero-order valence-corrected chi connectivity index (χ0v) is 10.5. The second kappa shape index (κ2) is 5.46. The lowest BCUT2D eigenvalue weighted by Crippen LogP contribution is -2.50. The third kappa shape index (κ3) is 2.68. The summed E-state index contributed by atoms with van der Waals surface area (Å²) >= 11 is 0. The van der Waals surface area contributed by atoms with Crippen LogP contribution in [0.5, 0.6) is 0 Å². The monoisotopic (exact) mass is 250 g/mol. The molecule has 1 aliphatic rings. The minimum Gasteiger partial charge on any atom is -0.481 e. The molecule has 0 amide bonds. The Balaban J connectivity index is 2.30. The van der Waals surface area contributed by atoms with Crippen LogP contribution in [0.2, 0.25) is 0 Å². The summed E-state index contributed by atoms with van der Waals surface area (Å²) in [5, 5.41) is 9.17. The van der Waals surface area contributed by atoms with Crippen LogP contribution in [-0.2, 0) is 15.1 Å². The highest BCUT2D eigenvalue weighted by Crippen LogP contribution is 2.32. The van der Waals surface area contributed by atoms with E-state index in [0.717, 1.165) is 18.7 Å². The molecular formula is C13H18N2O3. The lowest BCUT2D eigenvalue weighted by atomic mass is 9.87. The first kappa shape index (κ1) is 13.0. The number of aromatic nitrogens is 1. The van der Waals surface area contributed by atoms with Crippen LogP contribution in [0.15, 0.2) is 24.5 Å². The number of carboxylic acids is 1. The number of pyridine rings is 1. The number of carbonyl (C=O) groups is 1. The third-order valence-electron chi connectivity index (χ3n) is 3.51. The summed E-state index contributed by atoms with van der Waals surface area (Å²) in [7, 11) is 0. The van der Waals surface area contributed by atoms with Gasteiger partial charge in [-0.15, -0.1) is 0 Å². The van der Waals surface area contributed by atoms with E-state index < -0.39 is 11.5 Å². The van der Waals surface area contributed by atoms with Crippen molar-refractivity contribution in [3.05, 3.63) is 30.1 Å². The summed E-state index contributed by atoms with van der Waals surface area (Å²) in [6, 6.07) is 3.77. The van der Waals surface area contributed by atoms with Crippen molar-refractivity contribution in [1.29, 1.82) is 0 Å². The fraction of sp³-hybridized carbons (Fsp3) is 0.538. The summed E-state index contributed by atoms with van der Waals surface area (Å²) in [5.41, 5.74) is 0.486. The lowest BCUT2D eigenvalue weighted by molar-refractivity contribution is -0.141. The van der Waals surface area contributed by atoms with Crippen molar-refractivity contribution in [3.8, 4) is 0 Å². The highest BCUT2D eigenvalue weighted by molar-refractivity contribution is 5.68. The van der Waals surface area contributed by atoms with Crippen LogP contribution in [0, 0.1) is 0 Å². The summed E-state index contributed by atoms with van der Waals surface area (Å²) in [5.74, 6) is -0.791. The Morgan fingerprint density at radius 2 is 2.06 bits per heavy atom. The van der Waals surface area contributed by atoms with E-state index in [1.807, 2.05) is 19.1 Å². The van der Waals surface area contributed by atoms with E-state index in [0.29, 0.717) is 13.2 Å². The van der Waals surface area contributed by atoms with E-state index in [4.69, 9.17) is 9.84 Å². The molecule has 1 unspecified atom stereocenters. The molecule has 1 atom stereocenters. The van der Waals surface area contributed by atoms with E-state index in [-0.39, 0.29) is 6.42 Å². The standard InChI is InChI=1S/C13H18N2O3/c1-13(10-12(16)17,11-2-4-14-5-3-11)15-6-8-18-9-7-15/h2-5H,6-10H2,1H3,(H,16,17). The summed E-state index contributed by atoms with van der Waals surface area (Å²) < 4.78 is 5.33. The molecule has 1 aromatic heterocycles. The Bertz CT molecular complexity index is 404. The van der Waals surface area contributed by atoms with Gasteiger partial charge in [0.05, 0.1) is 25.2 Å². The highest BCUT2D eigenvalue weighted by atomic mass is 16.5. The minimum atomic E-state index is -0.791. The van der Waals surface area contributed by atoms with Gasteiger partial charge in [0.25, 0.3) is 0 Å². The largest absolute Gasteiger partial charge is 0.481 e. The molecule has 0 bridgehead atoms. The first-order valence-electron chi connectivity index (χ1n) is 6.08. The minimum absolute atomic E-state index is 0.0804. The molecule has 1 fully saturated rings. The molecule has 98 valence electrons. The van der Waals surface area contributed by atoms with Crippen molar-refractivity contribution in [3.63, 3.8) is 0 Å². The average Bonchev–Trinajstić information content (AvgIpc) is 2.40. The summed E-state index contributed by atoms with van der Waals surface area (Å²) in [6.45, 7) is 4.79. The maximum absolute atomic E-state index is 11.2. The van der Waals surface area contributed by atoms with Gasteiger partial charge in [-0.25, -0.2) is 0 Å². The predicted molar refractivity (Wildman–Crippen MR) is 66.2 cm³/mol. The van der Waals surface area contributed by atoms with Gasteiger partial charge in [-0.05, 0) is 24.6 Å². The molecule has 0 aromatic carbocycles. The Morgan fingerprint density at radius 1 is 1.44 bits per heavy atom. The van der Waals surface area contributed by atoms with Crippen LogP contribution in [0.3, 0.4) is 0 Å². The maximum atomic E-state index is 11.2. The van der Waals surface area contributed by atoms with Gasteiger partial charge in [-0.2, -0.15) is 0 Å². The van der Waals surface area contributed by atoms with Gasteiger partial charge in [0, 0.05) is 25.5 Å². The molecule has 18 heavy (non-hydrogen) atoms. The normalized spacial score (nSPS) is 20.3. The molecule has 0 radical (unpaired) electrons. The van der Waals surface area contributed by atoms with Crippen LogP contribution in [0.25, 0.3) is 0 Å². The van der Waals surface area contributed by atoms with Crippen LogP contribution in [0.1, 0.15) is 18.9 Å². The molecule has 0 spiro atoms. The van der Waals surface area contributed by atoms with Crippen molar-refractivity contribution in [2.24, 2.45) is 0 Å². The number of hydrogen-bond acceptors (Lipinski definition) is 4. The number of carboxylic acid groups (broad SMARTS) is 1. The Kier molecular flexibility index (Phi) is 3.93. The molecule has 1 saturated heterocycles. The number of nitrogens with zero attached hydrogens (tertiary/aromatic N) is 2. The second-order valence-electron chi connectivity index (χ2n) is 4.68. The van der Waals surface area contributed by atoms with Gasteiger partial charge >= 0.3 is 5.97 Å². The number of ether oxygens (including phenoxy) is 1. The molecule has 2 heterocycles. The van der Waals surface area contributed by atoms with Crippen molar-refractivity contribution in [2.45, 2.75) is 18.9 Å². The number of hydrogen-bond donors (Lipinski definition) is 1. The van der Waals surface area contributed by atoms with Gasteiger partial charge in [0.1, 0.15) is 0 Å². The molecule has 0 aliphatic carbocycles. The van der Waals surface area contributed by atoms with Crippen LogP contribution >= 0.6 is 0 Å². The molecule has 2 rings (SSSR count). The predicted octanol–water partition coefficient (Wildman–Crippen LogP) is 1.10. The summed E-state index contributed by atoms with van der Waals surface area (Å²) in [4.78, 5) is 17.3. The van der Waals surface area contributed by atoms with Crippen LogP contribution in [0.4, 0.5) is 0 Å². The molecule has 0 saturated carbocycles. The molecule has 1 N–H and O–H groups in total.